The lowest BCUT2D eigenvalue weighted by molar-refractivity contribution is -0.117. The van der Waals surface area contributed by atoms with Gasteiger partial charge in [-0.3, -0.25) is 14.6 Å². The van der Waals surface area contributed by atoms with Crippen molar-refractivity contribution >= 4 is 23.4 Å². The molecule has 2 saturated heterocycles. The van der Waals surface area contributed by atoms with Gasteiger partial charge < -0.3 is 15.1 Å². The Labute approximate surface area is 198 Å². The van der Waals surface area contributed by atoms with E-state index in [2.05, 4.69) is 80.4 Å². The first-order valence-electron chi connectivity index (χ1n) is 12.2. The van der Waals surface area contributed by atoms with Gasteiger partial charge in [-0.15, -0.1) is 0 Å². The number of hydrogen-bond acceptors (Lipinski definition) is 5. The highest BCUT2D eigenvalue weighted by Crippen LogP contribution is 2.19. The zero-order valence-corrected chi connectivity index (χ0v) is 19.8. The molecule has 2 aliphatic rings. The summed E-state index contributed by atoms with van der Waals surface area (Å²) in [6.07, 6.45) is 4.40. The fourth-order valence-corrected chi connectivity index (χ4v) is 4.51. The monoisotopic (exact) mass is 447 g/mol. The fourth-order valence-electron chi connectivity index (χ4n) is 4.51. The van der Waals surface area contributed by atoms with Crippen LogP contribution >= 0.6 is 0 Å². The first-order valence-corrected chi connectivity index (χ1v) is 12.2. The molecule has 0 radical (unpaired) electrons. The van der Waals surface area contributed by atoms with E-state index in [9.17, 15) is 4.79 Å². The first-order chi connectivity index (χ1) is 16.2. The maximum absolute atomic E-state index is 12.6. The molecule has 1 amide bonds. The average Bonchev–Trinajstić information content (AvgIpc) is 2.86. The highest BCUT2D eigenvalue weighted by atomic mass is 16.2. The van der Waals surface area contributed by atoms with Crippen molar-refractivity contribution < 1.29 is 4.79 Å². The minimum Gasteiger partial charge on any atom is -0.369 e. The molecule has 0 atom stereocenters. The summed E-state index contributed by atoms with van der Waals surface area (Å²) in [6, 6.07) is 18.7. The number of benzene rings is 2. The summed E-state index contributed by atoms with van der Waals surface area (Å²) in [4.78, 5) is 22.1. The van der Waals surface area contributed by atoms with Crippen LogP contribution in [0.1, 0.15) is 12.5 Å². The molecule has 4 rings (SSSR count). The van der Waals surface area contributed by atoms with E-state index in [0.717, 1.165) is 71.1 Å². The van der Waals surface area contributed by atoms with Crippen LogP contribution in [0.25, 0.3) is 6.08 Å². The van der Waals surface area contributed by atoms with E-state index in [4.69, 9.17) is 0 Å². The van der Waals surface area contributed by atoms with Gasteiger partial charge in [-0.25, -0.2) is 0 Å². The van der Waals surface area contributed by atoms with Crippen molar-refractivity contribution in [3.05, 3.63) is 66.2 Å². The van der Waals surface area contributed by atoms with Crippen molar-refractivity contribution in [3.8, 4) is 0 Å². The lowest BCUT2D eigenvalue weighted by Crippen LogP contribution is -2.48. The molecule has 2 heterocycles. The number of carbonyl (C=O) groups is 1. The summed E-state index contributed by atoms with van der Waals surface area (Å²) in [5.74, 6) is 0.0664. The molecule has 2 aromatic rings. The van der Waals surface area contributed by atoms with Gasteiger partial charge in [-0.05, 0) is 36.4 Å². The summed E-state index contributed by atoms with van der Waals surface area (Å²) < 4.78 is 0. The topological polar surface area (TPSA) is 42.1 Å². The van der Waals surface area contributed by atoms with Crippen LogP contribution in [0.4, 0.5) is 11.4 Å². The average molecular weight is 448 g/mol. The largest absolute Gasteiger partial charge is 0.369 e. The van der Waals surface area contributed by atoms with Crippen LogP contribution in [0.3, 0.4) is 0 Å². The Balaban J connectivity index is 1.16. The molecule has 0 saturated carbocycles. The van der Waals surface area contributed by atoms with E-state index >= 15 is 0 Å². The fraction of sp³-hybridized carbons (Fsp3) is 0.444. The summed E-state index contributed by atoms with van der Waals surface area (Å²) in [7, 11) is 0. The van der Waals surface area contributed by atoms with Crippen LogP contribution in [-0.4, -0.2) is 92.6 Å². The second-order valence-electron chi connectivity index (χ2n) is 8.91. The van der Waals surface area contributed by atoms with Crippen molar-refractivity contribution in [1.29, 1.82) is 0 Å². The van der Waals surface area contributed by atoms with Crippen molar-refractivity contribution in [1.82, 2.24) is 14.7 Å². The second kappa shape index (κ2) is 12.0. The number of hydrogen-bond donors (Lipinski definition) is 1. The van der Waals surface area contributed by atoms with Gasteiger partial charge in [-0.2, -0.15) is 0 Å². The predicted octanol–water partition coefficient (Wildman–Crippen LogP) is 3.10. The SMILES string of the molecule is CCN1CCN(c2ccc(NC(=O)CN3CCN(C/C=C/c4ccccc4)CC3)cc2)CC1. The summed E-state index contributed by atoms with van der Waals surface area (Å²) in [5.41, 5.74) is 3.35. The third-order valence-electron chi connectivity index (χ3n) is 6.64. The predicted molar refractivity (Wildman–Crippen MR) is 138 cm³/mol. The number of nitrogens with zero attached hydrogens (tertiary/aromatic N) is 4. The summed E-state index contributed by atoms with van der Waals surface area (Å²) in [5, 5.41) is 3.07. The maximum Gasteiger partial charge on any atom is 0.238 e. The standard InChI is InChI=1S/C27H37N5O/c1-2-29-19-21-32(22-20-29)26-12-10-25(11-13-26)28-27(33)23-31-17-15-30(16-18-31)14-6-9-24-7-4-3-5-8-24/h3-13H,2,14-23H2,1H3,(H,28,33)/b9-6+. The van der Waals surface area contributed by atoms with E-state index in [1.54, 1.807) is 0 Å². The van der Waals surface area contributed by atoms with Crippen LogP contribution in [0, 0.1) is 0 Å². The number of nitrogens with one attached hydrogen (secondary N) is 1. The molecule has 0 unspecified atom stereocenters. The van der Waals surface area contributed by atoms with E-state index in [0.29, 0.717) is 6.54 Å². The Morgan fingerprint density at radius 1 is 0.818 bits per heavy atom. The van der Waals surface area contributed by atoms with E-state index in [1.807, 2.05) is 18.2 Å². The third-order valence-corrected chi connectivity index (χ3v) is 6.64. The Morgan fingerprint density at radius 3 is 2.12 bits per heavy atom. The smallest absolute Gasteiger partial charge is 0.238 e. The number of rotatable bonds is 8. The molecule has 0 aliphatic carbocycles. The molecular weight excluding hydrogens is 410 g/mol. The Morgan fingerprint density at radius 2 is 1.45 bits per heavy atom. The minimum atomic E-state index is 0.0664. The van der Waals surface area contributed by atoms with Gasteiger partial charge in [0.2, 0.25) is 5.91 Å². The van der Waals surface area contributed by atoms with E-state index in [1.165, 1.54) is 11.3 Å². The number of anilines is 2. The quantitative estimate of drug-likeness (QED) is 0.674. The Bertz CT molecular complexity index is 882. The van der Waals surface area contributed by atoms with Crippen LogP contribution < -0.4 is 10.2 Å². The Hall–Kier alpha value is -2.67. The molecule has 0 aromatic heterocycles. The molecule has 6 nitrogen and oxygen atoms in total. The van der Waals surface area contributed by atoms with Gasteiger partial charge in [0, 0.05) is 70.3 Å². The highest BCUT2D eigenvalue weighted by Gasteiger charge is 2.19. The van der Waals surface area contributed by atoms with E-state index in [-0.39, 0.29) is 5.91 Å². The highest BCUT2D eigenvalue weighted by molar-refractivity contribution is 5.92. The number of likely N-dealkylation sites (N-methyl/N-ethyl adjacent to an activating group) is 1. The van der Waals surface area contributed by atoms with E-state index < -0.39 is 0 Å². The number of piperazine rings is 2. The molecule has 33 heavy (non-hydrogen) atoms. The number of amides is 1. The van der Waals surface area contributed by atoms with Crippen molar-refractivity contribution in [2.24, 2.45) is 0 Å². The van der Waals surface area contributed by atoms with Gasteiger partial charge >= 0.3 is 0 Å². The van der Waals surface area contributed by atoms with Gasteiger partial charge in [0.05, 0.1) is 6.54 Å². The summed E-state index contributed by atoms with van der Waals surface area (Å²) in [6.45, 7) is 12.9. The minimum absolute atomic E-state index is 0.0664. The molecule has 6 heteroatoms. The normalized spacial score (nSPS) is 18.6. The summed E-state index contributed by atoms with van der Waals surface area (Å²) >= 11 is 0. The molecule has 2 aromatic carbocycles. The molecule has 2 fully saturated rings. The van der Waals surface area contributed by atoms with Crippen LogP contribution in [0.2, 0.25) is 0 Å². The third kappa shape index (κ3) is 7.16. The van der Waals surface area contributed by atoms with Crippen LogP contribution in [0.15, 0.2) is 60.7 Å². The Kier molecular flexibility index (Phi) is 8.53. The van der Waals surface area contributed by atoms with Gasteiger partial charge in [0.15, 0.2) is 0 Å². The molecule has 176 valence electrons. The zero-order valence-electron chi connectivity index (χ0n) is 19.8. The second-order valence-corrected chi connectivity index (χ2v) is 8.91. The molecule has 0 spiro atoms. The van der Waals surface area contributed by atoms with Crippen molar-refractivity contribution in [3.63, 3.8) is 0 Å². The van der Waals surface area contributed by atoms with Gasteiger partial charge in [-0.1, -0.05) is 49.4 Å². The van der Waals surface area contributed by atoms with Gasteiger partial charge in [0.1, 0.15) is 0 Å². The maximum atomic E-state index is 12.6. The zero-order chi connectivity index (χ0) is 22.9. The number of carbonyl (C=O) groups excluding carboxylic acids is 1. The van der Waals surface area contributed by atoms with Crippen LogP contribution in [0.5, 0.6) is 0 Å². The molecular formula is C27H37N5O. The van der Waals surface area contributed by atoms with Gasteiger partial charge in [0.25, 0.3) is 0 Å². The van der Waals surface area contributed by atoms with Crippen molar-refractivity contribution in [2.45, 2.75) is 6.92 Å². The lowest BCUT2D eigenvalue weighted by Gasteiger charge is -2.35. The van der Waals surface area contributed by atoms with Crippen LogP contribution in [-0.2, 0) is 4.79 Å². The molecule has 1 N–H and O–H groups in total. The molecule has 2 aliphatic heterocycles. The first kappa shape index (κ1) is 23.5. The van der Waals surface area contributed by atoms with Crippen molar-refractivity contribution in [2.75, 3.05) is 82.2 Å². The molecule has 0 bridgehead atoms. The lowest BCUT2D eigenvalue weighted by atomic mass is 10.2.